The Morgan fingerprint density at radius 2 is 1.70 bits per heavy atom. The lowest BCUT2D eigenvalue weighted by Crippen LogP contribution is -2.39. The molecule has 0 spiro atoms. The summed E-state index contributed by atoms with van der Waals surface area (Å²) in [7, 11) is 4.93. The molecule has 0 fully saturated rings. The van der Waals surface area contributed by atoms with Gasteiger partial charge >= 0.3 is 0 Å². The van der Waals surface area contributed by atoms with Crippen LogP contribution in [0, 0.1) is 0 Å². The molecule has 2 N–H and O–H groups in total. The minimum atomic E-state index is 0.0415. The predicted octanol–water partition coefficient (Wildman–Crippen LogP) is 4.21. The minimum Gasteiger partial charge on any atom is -0.493 e. The number of para-hydroxylation sites is 1. The molecule has 5 heteroatoms. The summed E-state index contributed by atoms with van der Waals surface area (Å²) in [5, 5.41) is 5.10. The lowest BCUT2D eigenvalue weighted by Gasteiger charge is -2.32. The van der Waals surface area contributed by atoms with Gasteiger partial charge in [0.15, 0.2) is 11.5 Å². The maximum absolute atomic E-state index is 5.57. The molecule has 0 unspecified atom stereocenters. The molecule has 1 aliphatic heterocycles. The zero-order valence-corrected chi connectivity index (χ0v) is 16.3. The van der Waals surface area contributed by atoms with Gasteiger partial charge in [-0.3, -0.25) is 0 Å². The van der Waals surface area contributed by atoms with Crippen molar-refractivity contribution in [1.29, 1.82) is 0 Å². The van der Waals surface area contributed by atoms with Gasteiger partial charge in [-0.25, -0.2) is 0 Å². The molecule has 0 aliphatic carbocycles. The van der Waals surface area contributed by atoms with Crippen molar-refractivity contribution >= 4 is 10.9 Å². The van der Waals surface area contributed by atoms with Gasteiger partial charge in [-0.1, -0.05) is 25.1 Å². The Morgan fingerprint density at radius 1 is 1.00 bits per heavy atom. The fourth-order valence-electron chi connectivity index (χ4n) is 4.10. The van der Waals surface area contributed by atoms with Crippen molar-refractivity contribution in [2.24, 2.45) is 0 Å². The van der Waals surface area contributed by atoms with Gasteiger partial charge in [-0.2, -0.15) is 0 Å². The van der Waals surface area contributed by atoms with Crippen molar-refractivity contribution in [2.75, 3.05) is 21.3 Å². The highest BCUT2D eigenvalue weighted by molar-refractivity contribution is 5.85. The summed E-state index contributed by atoms with van der Waals surface area (Å²) in [6, 6.07) is 13.0. The average molecular weight is 366 g/mol. The standard InChI is InChI=1S/C22H26N2O3/c1-5-14-12-16-15-8-6-7-9-17(15)24-21(16)20(23-14)13-10-18(25-2)22(27-4)19(11-13)26-3/h6-11,14,20,23-24H,5,12H2,1-4H3/t14-,20+/m0/s1. The lowest BCUT2D eigenvalue weighted by molar-refractivity contribution is 0.322. The topological polar surface area (TPSA) is 55.5 Å². The maximum Gasteiger partial charge on any atom is 0.203 e. The number of fused-ring (bicyclic) bond motifs is 3. The Kier molecular flexibility index (Phi) is 4.70. The molecular formula is C22H26N2O3. The first-order chi connectivity index (χ1) is 13.2. The highest BCUT2D eigenvalue weighted by atomic mass is 16.5. The number of H-pyrrole nitrogens is 1. The number of hydrogen-bond acceptors (Lipinski definition) is 4. The fraction of sp³-hybridized carbons (Fsp3) is 0.364. The third-order valence-electron chi connectivity index (χ3n) is 5.50. The average Bonchev–Trinajstić information content (AvgIpc) is 3.10. The van der Waals surface area contributed by atoms with Crippen LogP contribution in [0.3, 0.4) is 0 Å². The third-order valence-corrected chi connectivity index (χ3v) is 5.50. The van der Waals surface area contributed by atoms with Crippen molar-refractivity contribution in [3.05, 3.63) is 53.2 Å². The predicted molar refractivity (Wildman–Crippen MR) is 107 cm³/mol. The van der Waals surface area contributed by atoms with Crippen LogP contribution in [0.4, 0.5) is 0 Å². The number of ether oxygens (including phenoxy) is 3. The normalized spacial score (nSPS) is 19.0. The van der Waals surface area contributed by atoms with Crippen LogP contribution >= 0.6 is 0 Å². The van der Waals surface area contributed by atoms with Crippen LogP contribution in [0.5, 0.6) is 17.2 Å². The second-order valence-electron chi connectivity index (χ2n) is 6.93. The number of methoxy groups -OCH3 is 3. The van der Waals surface area contributed by atoms with Crippen LogP contribution in [-0.2, 0) is 6.42 Å². The first-order valence-corrected chi connectivity index (χ1v) is 9.35. The molecule has 1 aliphatic rings. The molecule has 0 saturated heterocycles. The quantitative estimate of drug-likeness (QED) is 0.710. The van der Waals surface area contributed by atoms with Crippen LogP contribution < -0.4 is 19.5 Å². The van der Waals surface area contributed by atoms with E-state index in [4.69, 9.17) is 14.2 Å². The van der Waals surface area contributed by atoms with Crippen molar-refractivity contribution in [3.63, 3.8) is 0 Å². The summed E-state index contributed by atoms with van der Waals surface area (Å²) in [5.74, 6) is 1.96. The summed E-state index contributed by atoms with van der Waals surface area (Å²) in [6.45, 7) is 2.23. The second kappa shape index (κ2) is 7.16. The first kappa shape index (κ1) is 17.7. The van der Waals surface area contributed by atoms with Gasteiger partial charge < -0.3 is 24.5 Å². The summed E-state index contributed by atoms with van der Waals surface area (Å²) in [5.41, 5.74) is 4.89. The number of hydrogen-bond donors (Lipinski definition) is 2. The molecule has 0 radical (unpaired) electrons. The largest absolute Gasteiger partial charge is 0.493 e. The van der Waals surface area contributed by atoms with E-state index in [2.05, 4.69) is 41.5 Å². The van der Waals surface area contributed by atoms with E-state index in [1.54, 1.807) is 21.3 Å². The minimum absolute atomic E-state index is 0.0415. The van der Waals surface area contributed by atoms with Gasteiger partial charge in [-0.15, -0.1) is 0 Å². The van der Waals surface area contributed by atoms with Crippen molar-refractivity contribution in [1.82, 2.24) is 10.3 Å². The molecule has 27 heavy (non-hydrogen) atoms. The van der Waals surface area contributed by atoms with Gasteiger partial charge in [0.2, 0.25) is 5.75 Å². The van der Waals surface area contributed by atoms with Crippen LogP contribution in [0.1, 0.15) is 36.2 Å². The summed E-state index contributed by atoms with van der Waals surface area (Å²) >= 11 is 0. The molecule has 2 aromatic carbocycles. The third kappa shape index (κ3) is 2.92. The Bertz CT molecular complexity index is 938. The van der Waals surface area contributed by atoms with E-state index >= 15 is 0 Å². The number of rotatable bonds is 5. The summed E-state index contributed by atoms with van der Waals surface area (Å²) in [4.78, 5) is 3.64. The smallest absolute Gasteiger partial charge is 0.203 e. The van der Waals surface area contributed by atoms with Crippen molar-refractivity contribution in [2.45, 2.75) is 31.8 Å². The van der Waals surface area contributed by atoms with Gasteiger partial charge in [0.05, 0.1) is 27.4 Å². The molecular weight excluding hydrogens is 340 g/mol. The number of aromatic amines is 1. The molecule has 3 aromatic rings. The van der Waals surface area contributed by atoms with E-state index in [9.17, 15) is 0 Å². The monoisotopic (exact) mass is 366 g/mol. The zero-order valence-electron chi connectivity index (χ0n) is 16.3. The van der Waals surface area contributed by atoms with E-state index in [0.717, 1.165) is 18.4 Å². The summed E-state index contributed by atoms with van der Waals surface area (Å²) in [6.07, 6.45) is 2.09. The maximum atomic E-state index is 5.57. The van der Waals surface area contributed by atoms with Gasteiger partial charge in [0.25, 0.3) is 0 Å². The molecule has 0 saturated carbocycles. The van der Waals surface area contributed by atoms with Gasteiger partial charge in [-0.05, 0) is 42.2 Å². The van der Waals surface area contributed by atoms with Crippen LogP contribution in [0.15, 0.2) is 36.4 Å². The van der Waals surface area contributed by atoms with E-state index in [-0.39, 0.29) is 6.04 Å². The molecule has 142 valence electrons. The van der Waals surface area contributed by atoms with Crippen molar-refractivity contribution in [3.8, 4) is 17.2 Å². The van der Waals surface area contributed by atoms with Crippen LogP contribution in [-0.4, -0.2) is 32.4 Å². The Hall–Kier alpha value is -2.66. The fourth-order valence-corrected chi connectivity index (χ4v) is 4.10. The van der Waals surface area contributed by atoms with E-state index in [1.165, 1.54) is 22.2 Å². The molecule has 4 rings (SSSR count). The van der Waals surface area contributed by atoms with Crippen LogP contribution in [0.2, 0.25) is 0 Å². The number of nitrogens with one attached hydrogen (secondary N) is 2. The molecule has 5 nitrogen and oxygen atoms in total. The highest BCUT2D eigenvalue weighted by Crippen LogP contribution is 2.43. The molecule has 0 amide bonds. The zero-order chi connectivity index (χ0) is 19.0. The van der Waals surface area contributed by atoms with Crippen molar-refractivity contribution < 1.29 is 14.2 Å². The molecule has 2 heterocycles. The van der Waals surface area contributed by atoms with Gasteiger partial charge in [0, 0.05) is 22.6 Å². The highest BCUT2D eigenvalue weighted by Gasteiger charge is 2.31. The first-order valence-electron chi connectivity index (χ1n) is 9.35. The molecule has 1 aromatic heterocycles. The Labute approximate surface area is 159 Å². The number of benzene rings is 2. The summed E-state index contributed by atoms with van der Waals surface area (Å²) < 4.78 is 16.6. The van der Waals surface area contributed by atoms with Crippen LogP contribution in [0.25, 0.3) is 10.9 Å². The Balaban J connectivity index is 1.89. The molecule has 0 bridgehead atoms. The number of aromatic nitrogens is 1. The van der Waals surface area contributed by atoms with E-state index in [0.29, 0.717) is 23.3 Å². The SMILES string of the molecule is CC[C@H]1Cc2c([nH]c3ccccc23)[C@@H](c2cc(OC)c(OC)c(OC)c2)N1. The van der Waals surface area contributed by atoms with E-state index < -0.39 is 0 Å². The Morgan fingerprint density at radius 3 is 2.33 bits per heavy atom. The lowest BCUT2D eigenvalue weighted by atomic mass is 9.89. The van der Waals surface area contributed by atoms with Gasteiger partial charge in [0.1, 0.15) is 0 Å². The van der Waals surface area contributed by atoms with E-state index in [1.807, 2.05) is 12.1 Å². The second-order valence-corrected chi connectivity index (χ2v) is 6.93. The molecule has 2 atom stereocenters.